The molecule has 1 aromatic heterocycles. The largest absolute Gasteiger partial charge is 0.296 e. The second-order valence-corrected chi connectivity index (χ2v) is 14.9. The Kier molecular flexibility index (Phi) is 7.74. The molecule has 0 spiro atoms. The molecule has 0 unspecified atom stereocenters. The first kappa shape index (κ1) is 32.4. The van der Waals surface area contributed by atoms with Crippen molar-refractivity contribution in [3.8, 4) is 44.8 Å². The minimum atomic E-state index is 0.931. The highest BCUT2D eigenvalue weighted by atomic mass is 15.1. The van der Waals surface area contributed by atoms with Crippen LogP contribution in [0, 0.1) is 0 Å². The van der Waals surface area contributed by atoms with E-state index in [2.05, 4.69) is 199 Å². The van der Waals surface area contributed by atoms with E-state index in [9.17, 15) is 0 Å². The molecular weight excluding hydrogens is 677 g/mol. The number of nitrogens with zero attached hydrogens (tertiary/aromatic N) is 2. The summed E-state index contributed by atoms with van der Waals surface area (Å²) in [5, 5.41) is 7.54. The standard InChI is InChI=1S/C54H38N2/c1-3-15-37-17-14-26-45(42(37)21-6-1)53-47-24-10-9-23-46(47)52(44-25-13-18-38-16-7-8-22-43(38)44)48-34-33-40(35-49(48)53)36-29-31-39(32-30-36)54-55-50-27-11-12-28-51(50)56(54)41-19-4-2-5-20-41/h2-4,6-19,21-35H,1,5,20H2. The quantitative estimate of drug-likeness (QED) is 0.162. The molecule has 2 nitrogen and oxygen atoms in total. The lowest BCUT2D eigenvalue weighted by Crippen LogP contribution is -2.01. The minimum Gasteiger partial charge on any atom is -0.296 e. The van der Waals surface area contributed by atoms with Crippen molar-refractivity contribution in [1.82, 2.24) is 9.55 Å². The Morgan fingerprint density at radius 1 is 0.500 bits per heavy atom. The van der Waals surface area contributed by atoms with Gasteiger partial charge in [0.2, 0.25) is 0 Å². The van der Waals surface area contributed by atoms with E-state index in [0.717, 1.165) is 41.7 Å². The van der Waals surface area contributed by atoms with Crippen LogP contribution in [0.4, 0.5) is 0 Å². The lowest BCUT2D eigenvalue weighted by Gasteiger charge is -2.21. The Hall–Kier alpha value is -7.03. The second kappa shape index (κ2) is 13.4. The smallest absolute Gasteiger partial charge is 0.145 e. The number of hydrogen-bond acceptors (Lipinski definition) is 1. The maximum Gasteiger partial charge on any atom is 0.145 e. The molecule has 0 radical (unpaired) electrons. The van der Waals surface area contributed by atoms with Crippen molar-refractivity contribution in [2.24, 2.45) is 0 Å². The Morgan fingerprint density at radius 2 is 1.18 bits per heavy atom. The third-order valence-electron chi connectivity index (χ3n) is 11.7. The van der Waals surface area contributed by atoms with Gasteiger partial charge in [-0.1, -0.05) is 170 Å². The summed E-state index contributed by atoms with van der Waals surface area (Å²) in [4.78, 5) is 5.17. The van der Waals surface area contributed by atoms with Crippen LogP contribution < -0.4 is 0 Å². The average Bonchev–Trinajstić information content (AvgIpc) is 3.48. The zero-order chi connectivity index (χ0) is 37.0. The summed E-state index contributed by atoms with van der Waals surface area (Å²) in [6, 6.07) is 55.9. The number of para-hydroxylation sites is 2. The Bertz CT molecular complexity index is 3140. The average molecular weight is 715 g/mol. The Balaban J connectivity index is 1.15. The molecule has 56 heavy (non-hydrogen) atoms. The van der Waals surface area contributed by atoms with Crippen molar-refractivity contribution in [3.05, 3.63) is 193 Å². The van der Waals surface area contributed by atoms with E-state index in [-0.39, 0.29) is 0 Å². The molecule has 1 heterocycles. The van der Waals surface area contributed by atoms with Crippen LogP contribution >= 0.6 is 0 Å². The molecule has 0 amide bonds. The van der Waals surface area contributed by atoms with Crippen LogP contribution in [0.1, 0.15) is 30.4 Å². The molecule has 0 N–H and O–H groups in total. The Labute approximate surface area is 326 Å². The zero-order valence-electron chi connectivity index (χ0n) is 31.0. The normalized spacial score (nSPS) is 13.8. The van der Waals surface area contributed by atoms with E-state index in [1.165, 1.54) is 82.5 Å². The number of allylic oxidation sites excluding steroid dienone is 6. The first-order valence-electron chi connectivity index (χ1n) is 19.7. The van der Waals surface area contributed by atoms with Gasteiger partial charge in [0, 0.05) is 11.3 Å². The molecule has 0 saturated heterocycles. The highest BCUT2D eigenvalue weighted by Crippen LogP contribution is 2.47. The molecule has 264 valence electrons. The third kappa shape index (κ3) is 5.29. The minimum absolute atomic E-state index is 0.931. The molecule has 0 saturated carbocycles. The molecule has 0 fully saturated rings. The van der Waals surface area contributed by atoms with Crippen LogP contribution in [-0.2, 0) is 0 Å². The van der Waals surface area contributed by atoms with E-state index in [1.54, 1.807) is 0 Å². The molecule has 0 aliphatic heterocycles. The molecule has 9 aromatic rings. The highest BCUT2D eigenvalue weighted by molar-refractivity contribution is 6.24. The summed E-state index contributed by atoms with van der Waals surface area (Å²) >= 11 is 0. The molecule has 2 heteroatoms. The summed E-state index contributed by atoms with van der Waals surface area (Å²) in [5.41, 5.74) is 14.5. The van der Waals surface area contributed by atoms with Gasteiger partial charge in [-0.2, -0.15) is 0 Å². The molecule has 8 aromatic carbocycles. The van der Waals surface area contributed by atoms with Crippen molar-refractivity contribution in [1.29, 1.82) is 0 Å². The second-order valence-electron chi connectivity index (χ2n) is 14.9. The van der Waals surface area contributed by atoms with Crippen molar-refractivity contribution in [2.75, 3.05) is 0 Å². The summed E-state index contributed by atoms with van der Waals surface area (Å²) in [7, 11) is 0. The van der Waals surface area contributed by atoms with Crippen molar-refractivity contribution in [3.63, 3.8) is 0 Å². The van der Waals surface area contributed by atoms with Gasteiger partial charge in [-0.05, 0) is 120 Å². The number of hydrogen-bond donors (Lipinski definition) is 0. The van der Waals surface area contributed by atoms with Gasteiger partial charge >= 0.3 is 0 Å². The molecule has 2 aliphatic rings. The van der Waals surface area contributed by atoms with Gasteiger partial charge in [-0.3, -0.25) is 4.57 Å². The van der Waals surface area contributed by atoms with E-state index >= 15 is 0 Å². The molecule has 0 bridgehead atoms. The predicted molar refractivity (Wildman–Crippen MR) is 239 cm³/mol. The number of aromatic nitrogens is 2. The van der Waals surface area contributed by atoms with Gasteiger partial charge in [0.1, 0.15) is 5.82 Å². The van der Waals surface area contributed by atoms with Gasteiger partial charge in [-0.15, -0.1) is 0 Å². The van der Waals surface area contributed by atoms with E-state index in [0.29, 0.717) is 0 Å². The Morgan fingerprint density at radius 3 is 2.04 bits per heavy atom. The summed E-state index contributed by atoms with van der Waals surface area (Å²) in [6.07, 6.45) is 18.7. The predicted octanol–water partition coefficient (Wildman–Crippen LogP) is 14.8. The van der Waals surface area contributed by atoms with Gasteiger partial charge in [0.25, 0.3) is 0 Å². The zero-order valence-corrected chi connectivity index (χ0v) is 31.0. The fourth-order valence-corrected chi connectivity index (χ4v) is 9.07. The van der Waals surface area contributed by atoms with Crippen molar-refractivity contribution < 1.29 is 0 Å². The number of rotatable bonds is 5. The monoisotopic (exact) mass is 714 g/mol. The molecule has 11 rings (SSSR count). The first-order chi connectivity index (χ1) is 27.8. The lowest BCUT2D eigenvalue weighted by molar-refractivity contribution is 0.960. The number of imidazole rings is 1. The van der Waals surface area contributed by atoms with E-state index in [1.807, 2.05) is 0 Å². The molecule has 0 atom stereocenters. The fraction of sp³-hybridized carbons (Fsp3) is 0.0556. The number of benzene rings is 8. The van der Waals surface area contributed by atoms with Crippen molar-refractivity contribution >= 4 is 61.2 Å². The summed E-state index contributed by atoms with van der Waals surface area (Å²) in [6.45, 7) is 0. The number of fused-ring (bicyclic) bond motifs is 5. The van der Waals surface area contributed by atoms with Gasteiger partial charge in [0.05, 0.1) is 11.0 Å². The van der Waals surface area contributed by atoms with Gasteiger partial charge < -0.3 is 0 Å². The summed E-state index contributed by atoms with van der Waals surface area (Å²) < 4.78 is 2.35. The van der Waals surface area contributed by atoms with Gasteiger partial charge in [0.15, 0.2) is 0 Å². The van der Waals surface area contributed by atoms with Crippen LogP contribution in [0.25, 0.3) is 106 Å². The van der Waals surface area contributed by atoms with Gasteiger partial charge in [-0.25, -0.2) is 4.98 Å². The van der Waals surface area contributed by atoms with E-state index < -0.39 is 0 Å². The summed E-state index contributed by atoms with van der Waals surface area (Å²) in [5.74, 6) is 0.984. The maximum atomic E-state index is 5.17. The van der Waals surface area contributed by atoms with Crippen molar-refractivity contribution in [2.45, 2.75) is 19.3 Å². The highest BCUT2D eigenvalue weighted by Gasteiger charge is 2.21. The maximum absolute atomic E-state index is 5.17. The third-order valence-corrected chi connectivity index (χ3v) is 11.7. The fourth-order valence-electron chi connectivity index (χ4n) is 9.07. The molecule has 2 aliphatic carbocycles. The van der Waals surface area contributed by atoms with Crippen LogP contribution in [0.5, 0.6) is 0 Å². The van der Waals surface area contributed by atoms with Crippen LogP contribution in [0.2, 0.25) is 0 Å². The van der Waals surface area contributed by atoms with Crippen LogP contribution in [0.15, 0.2) is 182 Å². The van der Waals surface area contributed by atoms with Crippen LogP contribution in [0.3, 0.4) is 0 Å². The van der Waals surface area contributed by atoms with E-state index in [4.69, 9.17) is 4.98 Å². The van der Waals surface area contributed by atoms with Crippen LogP contribution in [-0.4, -0.2) is 9.55 Å². The SMILES string of the molecule is C1=CCCC(n2c(-c3ccc(-c4ccc5c(-c6cccc7ccccc67)c6ccccc6c(-c6cccc7c6C=CCC=C7)c5c4)cc3)nc3ccccc32)=C1. The first-order valence-corrected chi connectivity index (χ1v) is 19.7. The lowest BCUT2D eigenvalue weighted by atomic mass is 9.82. The molecular formula is C54H38N2. The topological polar surface area (TPSA) is 17.8 Å².